The number of hydrogen-bond acceptors (Lipinski definition) is 6. The van der Waals surface area contributed by atoms with E-state index in [0.717, 1.165) is 11.3 Å². The van der Waals surface area contributed by atoms with Crippen molar-refractivity contribution in [3.05, 3.63) is 65.5 Å². The number of carboxylic acids is 1. The molecule has 0 fully saturated rings. The number of ether oxygens (including phenoxy) is 1. The molecule has 3 rings (SSSR count). The van der Waals surface area contributed by atoms with Crippen LogP contribution < -0.4 is 10.1 Å². The van der Waals surface area contributed by atoms with E-state index in [4.69, 9.17) is 9.84 Å². The number of nitrogens with one attached hydrogen (secondary N) is 1. The molecule has 2 N–H and O–H groups in total. The highest BCUT2D eigenvalue weighted by atomic mass is 32.2. The third-order valence-electron chi connectivity index (χ3n) is 4.03. The van der Waals surface area contributed by atoms with Crippen LogP contribution in [0.5, 0.6) is 5.75 Å². The molecule has 29 heavy (non-hydrogen) atoms. The van der Waals surface area contributed by atoms with Crippen LogP contribution >= 0.6 is 11.8 Å². The van der Waals surface area contributed by atoms with Gasteiger partial charge in [0, 0.05) is 12.7 Å². The number of aromatic carboxylic acids is 1. The zero-order chi connectivity index (χ0) is 20.8. The van der Waals surface area contributed by atoms with Gasteiger partial charge in [-0.1, -0.05) is 23.9 Å². The maximum atomic E-state index is 12.1. The molecule has 0 saturated heterocycles. The molecule has 1 aromatic heterocycles. The van der Waals surface area contributed by atoms with Crippen LogP contribution in [-0.2, 0) is 18.4 Å². The van der Waals surface area contributed by atoms with Crippen molar-refractivity contribution >= 4 is 29.3 Å². The topological polar surface area (TPSA) is 106 Å². The summed E-state index contributed by atoms with van der Waals surface area (Å²) in [5.74, 6) is 0.321. The van der Waals surface area contributed by atoms with E-state index in [2.05, 4.69) is 15.5 Å². The van der Waals surface area contributed by atoms with Crippen molar-refractivity contribution < 1.29 is 19.4 Å². The molecule has 1 amide bonds. The van der Waals surface area contributed by atoms with Gasteiger partial charge >= 0.3 is 5.97 Å². The summed E-state index contributed by atoms with van der Waals surface area (Å²) >= 11 is 1.26. The number of aromatic nitrogens is 3. The second-order valence-electron chi connectivity index (χ2n) is 6.28. The quantitative estimate of drug-likeness (QED) is 0.548. The van der Waals surface area contributed by atoms with Crippen LogP contribution in [0.15, 0.2) is 53.7 Å². The molecule has 0 bridgehead atoms. The number of carbonyl (C=O) groups is 2. The summed E-state index contributed by atoms with van der Waals surface area (Å²) in [5.41, 5.74) is 1.81. The molecule has 9 heteroatoms. The lowest BCUT2D eigenvalue weighted by Gasteiger charge is -2.07. The number of rotatable bonds is 8. The average Bonchev–Trinajstić information content (AvgIpc) is 3.05. The summed E-state index contributed by atoms with van der Waals surface area (Å²) in [6, 6.07) is 13.7. The summed E-state index contributed by atoms with van der Waals surface area (Å²) in [4.78, 5) is 23.0. The van der Waals surface area contributed by atoms with Gasteiger partial charge in [-0.2, -0.15) is 0 Å². The minimum Gasteiger partial charge on any atom is -0.486 e. The first-order valence-electron chi connectivity index (χ1n) is 8.76. The van der Waals surface area contributed by atoms with Gasteiger partial charge in [0.1, 0.15) is 12.4 Å². The normalized spacial score (nSPS) is 10.6. The second-order valence-corrected chi connectivity index (χ2v) is 7.22. The monoisotopic (exact) mass is 412 g/mol. The van der Waals surface area contributed by atoms with Crippen molar-refractivity contribution in [3.8, 4) is 5.75 Å². The van der Waals surface area contributed by atoms with Gasteiger partial charge in [0.15, 0.2) is 11.0 Å². The van der Waals surface area contributed by atoms with Crippen molar-refractivity contribution in [2.75, 3.05) is 11.1 Å². The predicted octanol–water partition coefficient (Wildman–Crippen LogP) is 3.13. The number of nitrogens with zero attached hydrogens (tertiary/aromatic N) is 3. The van der Waals surface area contributed by atoms with Gasteiger partial charge in [-0.15, -0.1) is 10.2 Å². The Bertz CT molecular complexity index is 1020. The molecule has 0 aliphatic rings. The minimum atomic E-state index is -1.01. The number of carboxylic acid groups (broad SMARTS) is 1. The largest absolute Gasteiger partial charge is 0.486 e. The van der Waals surface area contributed by atoms with Gasteiger partial charge in [0.25, 0.3) is 0 Å². The van der Waals surface area contributed by atoms with Gasteiger partial charge in [-0.3, -0.25) is 4.79 Å². The van der Waals surface area contributed by atoms with Crippen molar-refractivity contribution in [3.63, 3.8) is 0 Å². The Kier molecular flexibility index (Phi) is 6.50. The molecule has 0 aliphatic carbocycles. The molecule has 0 radical (unpaired) electrons. The van der Waals surface area contributed by atoms with Crippen LogP contribution in [0, 0.1) is 6.92 Å². The first kappa shape index (κ1) is 20.4. The van der Waals surface area contributed by atoms with E-state index in [-0.39, 0.29) is 23.8 Å². The van der Waals surface area contributed by atoms with Crippen LogP contribution in [-0.4, -0.2) is 37.5 Å². The third kappa shape index (κ3) is 5.58. The first-order chi connectivity index (χ1) is 13.9. The zero-order valence-electron chi connectivity index (χ0n) is 16.0. The van der Waals surface area contributed by atoms with E-state index in [1.165, 1.54) is 23.9 Å². The third-order valence-corrected chi connectivity index (χ3v) is 5.05. The Balaban J connectivity index is 1.51. The maximum absolute atomic E-state index is 12.1. The minimum absolute atomic E-state index is 0.144. The van der Waals surface area contributed by atoms with Crippen LogP contribution in [0.3, 0.4) is 0 Å². The van der Waals surface area contributed by atoms with E-state index < -0.39 is 5.97 Å². The van der Waals surface area contributed by atoms with Gasteiger partial charge in [-0.05, 0) is 48.9 Å². The van der Waals surface area contributed by atoms with Crippen molar-refractivity contribution in [2.45, 2.75) is 18.7 Å². The van der Waals surface area contributed by atoms with E-state index in [1.807, 2.05) is 38.2 Å². The van der Waals surface area contributed by atoms with E-state index in [1.54, 1.807) is 16.7 Å². The van der Waals surface area contributed by atoms with Crippen molar-refractivity contribution in [1.82, 2.24) is 14.8 Å². The molecular formula is C20H20N4O4S. The fourth-order valence-corrected chi connectivity index (χ4v) is 3.20. The van der Waals surface area contributed by atoms with E-state index in [0.29, 0.717) is 16.7 Å². The fourth-order valence-electron chi connectivity index (χ4n) is 2.47. The molecule has 0 aliphatic heterocycles. The van der Waals surface area contributed by atoms with Crippen LogP contribution in [0.2, 0.25) is 0 Å². The predicted molar refractivity (Wildman–Crippen MR) is 109 cm³/mol. The number of hydrogen-bond donors (Lipinski definition) is 2. The van der Waals surface area contributed by atoms with Crippen LogP contribution in [0.25, 0.3) is 0 Å². The summed E-state index contributed by atoms with van der Waals surface area (Å²) in [6.45, 7) is 2.27. The van der Waals surface area contributed by atoms with Gasteiger partial charge in [-0.25, -0.2) is 4.79 Å². The Morgan fingerprint density at radius 3 is 2.62 bits per heavy atom. The number of thioether (sulfide) groups is 1. The fraction of sp³-hybridized carbons (Fsp3) is 0.200. The highest BCUT2D eigenvalue weighted by molar-refractivity contribution is 7.99. The number of anilines is 1. The number of carbonyl (C=O) groups excluding carboxylic acids is 1. The zero-order valence-corrected chi connectivity index (χ0v) is 16.8. The van der Waals surface area contributed by atoms with E-state index in [9.17, 15) is 9.59 Å². The molecule has 3 aromatic rings. The highest BCUT2D eigenvalue weighted by Crippen LogP contribution is 2.18. The SMILES string of the molecule is Cc1cccc(OCc2nnc(SCC(=O)Nc3ccc(C(=O)O)cc3)n2C)c1. The number of benzene rings is 2. The summed E-state index contributed by atoms with van der Waals surface area (Å²) in [6.07, 6.45) is 0. The molecule has 0 atom stereocenters. The summed E-state index contributed by atoms with van der Waals surface area (Å²) in [7, 11) is 1.82. The molecule has 2 aromatic carbocycles. The maximum Gasteiger partial charge on any atom is 0.335 e. The van der Waals surface area contributed by atoms with Gasteiger partial charge < -0.3 is 19.7 Å². The Morgan fingerprint density at radius 2 is 1.93 bits per heavy atom. The first-order valence-corrected chi connectivity index (χ1v) is 9.74. The second kappa shape index (κ2) is 9.24. The smallest absolute Gasteiger partial charge is 0.335 e. The van der Waals surface area contributed by atoms with Crippen molar-refractivity contribution in [2.24, 2.45) is 7.05 Å². The summed E-state index contributed by atoms with van der Waals surface area (Å²) < 4.78 is 7.53. The lowest BCUT2D eigenvalue weighted by molar-refractivity contribution is -0.113. The van der Waals surface area contributed by atoms with Crippen LogP contribution in [0.4, 0.5) is 5.69 Å². The summed E-state index contributed by atoms with van der Waals surface area (Å²) in [5, 5.41) is 20.4. The molecule has 1 heterocycles. The molecular weight excluding hydrogens is 392 g/mol. The molecule has 0 saturated carbocycles. The Labute approximate surface area is 171 Å². The lowest BCUT2D eigenvalue weighted by Crippen LogP contribution is -2.14. The molecule has 8 nitrogen and oxygen atoms in total. The van der Waals surface area contributed by atoms with Gasteiger partial charge in [0.2, 0.25) is 5.91 Å². The van der Waals surface area contributed by atoms with E-state index >= 15 is 0 Å². The number of aryl methyl sites for hydroxylation is 1. The van der Waals surface area contributed by atoms with Gasteiger partial charge in [0.05, 0.1) is 11.3 Å². The Morgan fingerprint density at radius 1 is 1.17 bits per heavy atom. The number of amides is 1. The lowest BCUT2D eigenvalue weighted by atomic mass is 10.2. The highest BCUT2D eigenvalue weighted by Gasteiger charge is 2.12. The van der Waals surface area contributed by atoms with Crippen molar-refractivity contribution in [1.29, 1.82) is 0 Å². The molecule has 0 unspecified atom stereocenters. The Hall–Kier alpha value is -3.33. The standard InChI is InChI=1S/C20H20N4O4S/c1-13-4-3-5-16(10-13)28-11-17-22-23-20(24(17)2)29-12-18(25)21-15-8-6-14(7-9-15)19(26)27/h3-10H,11-12H2,1-2H3,(H,21,25)(H,26,27). The van der Waals surface area contributed by atoms with Crippen LogP contribution in [0.1, 0.15) is 21.7 Å². The average molecular weight is 412 g/mol. The molecule has 150 valence electrons. The molecule has 0 spiro atoms.